The minimum absolute atomic E-state index is 0.242. The van der Waals surface area contributed by atoms with Gasteiger partial charge in [-0.05, 0) is 71.7 Å². The van der Waals surface area contributed by atoms with Gasteiger partial charge in [-0.1, -0.05) is 18.6 Å². The number of amides is 1. The Morgan fingerprint density at radius 3 is 2.48 bits per heavy atom. The van der Waals surface area contributed by atoms with Crippen molar-refractivity contribution in [3.05, 3.63) is 52.2 Å². The number of hydrogen-bond acceptors (Lipinski definition) is 3. The average molecular weight is 356 g/mol. The Bertz CT molecular complexity index is 687. The molecule has 1 aromatic heterocycles. The summed E-state index contributed by atoms with van der Waals surface area (Å²) < 4.78 is 5.87. The van der Waals surface area contributed by atoms with Crippen LogP contribution in [-0.2, 0) is 17.8 Å². The number of benzene rings is 1. The van der Waals surface area contributed by atoms with Crippen molar-refractivity contribution in [2.24, 2.45) is 5.92 Å². The quantitative estimate of drug-likeness (QED) is 0.689. The maximum absolute atomic E-state index is 12.7. The van der Waals surface area contributed by atoms with Gasteiger partial charge in [0.1, 0.15) is 5.75 Å². The molecule has 1 amide bonds. The van der Waals surface area contributed by atoms with Gasteiger partial charge in [-0.2, -0.15) is 11.3 Å². The summed E-state index contributed by atoms with van der Waals surface area (Å²) in [6, 6.07) is 10.8. The highest BCUT2D eigenvalue weighted by atomic mass is 32.1. The Labute approximate surface area is 153 Å². The Kier molecular flexibility index (Phi) is 5.07. The molecule has 0 radical (unpaired) electrons. The normalized spacial score (nSPS) is 17.1. The van der Waals surface area contributed by atoms with Crippen molar-refractivity contribution in [3.8, 4) is 5.75 Å². The van der Waals surface area contributed by atoms with E-state index in [9.17, 15) is 4.79 Å². The minimum atomic E-state index is 0.242. The second-order valence-electron chi connectivity index (χ2n) is 7.31. The number of nitrogens with zero attached hydrogens (tertiary/aromatic N) is 1. The summed E-state index contributed by atoms with van der Waals surface area (Å²) in [6.45, 7) is 1.54. The lowest BCUT2D eigenvalue weighted by molar-refractivity contribution is -0.131. The van der Waals surface area contributed by atoms with E-state index in [0.29, 0.717) is 19.0 Å². The summed E-state index contributed by atoms with van der Waals surface area (Å²) in [4.78, 5) is 14.7. The maximum atomic E-state index is 12.7. The van der Waals surface area contributed by atoms with Crippen molar-refractivity contribution >= 4 is 17.2 Å². The lowest BCUT2D eigenvalue weighted by Crippen LogP contribution is -2.33. The molecule has 2 aliphatic carbocycles. The zero-order valence-electron chi connectivity index (χ0n) is 14.5. The van der Waals surface area contributed by atoms with E-state index in [-0.39, 0.29) is 5.91 Å². The third kappa shape index (κ3) is 4.43. The van der Waals surface area contributed by atoms with Crippen molar-refractivity contribution in [2.45, 2.75) is 51.1 Å². The smallest absolute Gasteiger partial charge is 0.227 e. The first kappa shape index (κ1) is 16.6. The van der Waals surface area contributed by atoms with Crippen molar-refractivity contribution in [2.75, 3.05) is 6.61 Å². The van der Waals surface area contributed by atoms with Crippen LogP contribution in [0.15, 0.2) is 41.1 Å². The lowest BCUT2D eigenvalue weighted by Gasteiger charge is -2.25. The Morgan fingerprint density at radius 2 is 1.88 bits per heavy atom. The molecule has 2 aromatic rings. The molecule has 0 atom stereocenters. The zero-order chi connectivity index (χ0) is 17.1. The summed E-state index contributed by atoms with van der Waals surface area (Å²) in [7, 11) is 0. The van der Waals surface area contributed by atoms with Crippen LogP contribution in [0.3, 0.4) is 0 Å². The van der Waals surface area contributed by atoms with E-state index in [2.05, 4.69) is 22.4 Å². The van der Waals surface area contributed by atoms with Gasteiger partial charge in [0.05, 0.1) is 13.0 Å². The number of hydrogen-bond donors (Lipinski definition) is 0. The van der Waals surface area contributed by atoms with Crippen LogP contribution in [0, 0.1) is 5.92 Å². The largest absolute Gasteiger partial charge is 0.493 e. The number of thiophene rings is 1. The SMILES string of the molecule is O=C(Cc1ccsc1)N(Cc1ccc(OCC2CCC2)cc1)C1CC1. The molecule has 1 aromatic carbocycles. The molecule has 2 saturated carbocycles. The summed E-state index contributed by atoms with van der Waals surface area (Å²) >= 11 is 1.65. The van der Waals surface area contributed by atoms with E-state index in [0.717, 1.165) is 36.7 Å². The summed E-state index contributed by atoms with van der Waals surface area (Å²) in [6.07, 6.45) is 6.75. The molecule has 0 aliphatic heterocycles. The molecule has 132 valence electrons. The summed E-state index contributed by atoms with van der Waals surface area (Å²) in [5.41, 5.74) is 2.31. The van der Waals surface area contributed by atoms with Crippen LogP contribution in [0.2, 0.25) is 0 Å². The predicted molar refractivity (Wildman–Crippen MR) is 101 cm³/mol. The third-order valence-corrected chi connectivity index (χ3v) is 5.96. The second-order valence-corrected chi connectivity index (χ2v) is 8.09. The molecule has 1 heterocycles. The van der Waals surface area contributed by atoms with E-state index in [1.807, 2.05) is 23.6 Å². The number of carbonyl (C=O) groups is 1. The van der Waals surface area contributed by atoms with Crippen molar-refractivity contribution in [1.82, 2.24) is 4.90 Å². The lowest BCUT2D eigenvalue weighted by atomic mass is 9.86. The third-order valence-electron chi connectivity index (χ3n) is 5.23. The molecular formula is C21H25NO2S. The first-order valence-corrected chi connectivity index (χ1v) is 10.2. The zero-order valence-corrected chi connectivity index (χ0v) is 15.3. The highest BCUT2D eigenvalue weighted by Gasteiger charge is 2.32. The van der Waals surface area contributed by atoms with Crippen LogP contribution < -0.4 is 4.74 Å². The number of ether oxygens (including phenoxy) is 1. The molecule has 0 spiro atoms. The first-order chi connectivity index (χ1) is 12.3. The average Bonchev–Trinajstić information content (AvgIpc) is 3.29. The molecule has 4 rings (SSSR count). The molecule has 3 nitrogen and oxygen atoms in total. The van der Waals surface area contributed by atoms with Gasteiger partial charge >= 0.3 is 0 Å². The van der Waals surface area contributed by atoms with Gasteiger partial charge in [-0.25, -0.2) is 0 Å². The van der Waals surface area contributed by atoms with E-state index in [4.69, 9.17) is 4.74 Å². The second kappa shape index (κ2) is 7.61. The van der Waals surface area contributed by atoms with Gasteiger partial charge < -0.3 is 9.64 Å². The van der Waals surface area contributed by atoms with Crippen LogP contribution in [0.25, 0.3) is 0 Å². The molecular weight excluding hydrogens is 330 g/mol. The van der Waals surface area contributed by atoms with Crippen molar-refractivity contribution < 1.29 is 9.53 Å². The molecule has 4 heteroatoms. The van der Waals surface area contributed by atoms with E-state index >= 15 is 0 Å². The number of carbonyl (C=O) groups excluding carboxylic acids is 1. The van der Waals surface area contributed by atoms with Crippen LogP contribution in [0.4, 0.5) is 0 Å². The van der Waals surface area contributed by atoms with Crippen LogP contribution in [0.5, 0.6) is 5.75 Å². The molecule has 0 unspecified atom stereocenters. The van der Waals surface area contributed by atoms with Crippen LogP contribution >= 0.6 is 11.3 Å². The molecule has 0 bridgehead atoms. The maximum Gasteiger partial charge on any atom is 0.227 e. The van der Waals surface area contributed by atoms with Crippen LogP contribution in [-0.4, -0.2) is 23.5 Å². The van der Waals surface area contributed by atoms with E-state index in [1.54, 1.807) is 11.3 Å². The molecule has 2 fully saturated rings. The highest BCUT2D eigenvalue weighted by Crippen LogP contribution is 2.30. The van der Waals surface area contributed by atoms with Crippen molar-refractivity contribution in [3.63, 3.8) is 0 Å². The van der Waals surface area contributed by atoms with Gasteiger partial charge in [0.25, 0.3) is 0 Å². The minimum Gasteiger partial charge on any atom is -0.493 e. The highest BCUT2D eigenvalue weighted by molar-refractivity contribution is 7.08. The monoisotopic (exact) mass is 355 g/mol. The van der Waals surface area contributed by atoms with Gasteiger partial charge in [0, 0.05) is 12.6 Å². The van der Waals surface area contributed by atoms with Gasteiger partial charge in [0.2, 0.25) is 5.91 Å². The number of rotatable bonds is 8. The standard InChI is InChI=1S/C21H25NO2S/c23-21(12-18-10-11-25-15-18)22(19-6-7-19)13-16-4-8-20(9-5-16)24-14-17-2-1-3-17/h4-5,8-11,15,17,19H,1-3,6-7,12-14H2. The molecule has 2 aliphatic rings. The first-order valence-electron chi connectivity index (χ1n) is 9.30. The predicted octanol–water partition coefficient (Wildman–Crippen LogP) is 4.66. The Hall–Kier alpha value is -1.81. The fourth-order valence-electron chi connectivity index (χ4n) is 3.24. The van der Waals surface area contributed by atoms with Gasteiger partial charge in [-0.3, -0.25) is 4.79 Å². The topological polar surface area (TPSA) is 29.5 Å². The molecule has 25 heavy (non-hydrogen) atoms. The fourth-order valence-corrected chi connectivity index (χ4v) is 3.91. The van der Waals surface area contributed by atoms with Crippen molar-refractivity contribution in [1.29, 1.82) is 0 Å². The van der Waals surface area contributed by atoms with Gasteiger partial charge in [0.15, 0.2) is 0 Å². The van der Waals surface area contributed by atoms with E-state index in [1.165, 1.54) is 24.8 Å². The molecule has 0 N–H and O–H groups in total. The van der Waals surface area contributed by atoms with Crippen LogP contribution in [0.1, 0.15) is 43.2 Å². The van der Waals surface area contributed by atoms with Gasteiger partial charge in [-0.15, -0.1) is 0 Å². The summed E-state index contributed by atoms with van der Waals surface area (Å²) in [5.74, 6) is 1.93. The van der Waals surface area contributed by atoms with E-state index < -0.39 is 0 Å². The Balaban J connectivity index is 1.34. The fraction of sp³-hybridized carbons (Fsp3) is 0.476. The molecule has 0 saturated heterocycles. The Morgan fingerprint density at radius 1 is 1.08 bits per heavy atom. The summed E-state index contributed by atoms with van der Waals surface area (Å²) in [5, 5.41) is 4.10.